The molecule has 0 heterocycles. The van der Waals surface area contributed by atoms with Crippen LogP contribution in [0.1, 0.15) is 37.8 Å². The van der Waals surface area contributed by atoms with Crippen LogP contribution < -0.4 is 5.32 Å². The van der Waals surface area contributed by atoms with Crippen LogP contribution in [0.15, 0.2) is 24.3 Å². The van der Waals surface area contributed by atoms with Crippen LogP contribution >= 0.6 is 23.2 Å². The molecule has 17 heavy (non-hydrogen) atoms. The zero-order chi connectivity index (χ0) is 12.7. The molecule has 94 valence electrons. The van der Waals surface area contributed by atoms with E-state index in [0.717, 1.165) is 18.4 Å². The van der Waals surface area contributed by atoms with Gasteiger partial charge in [-0.15, -0.1) is 11.6 Å². The molecule has 1 unspecified atom stereocenters. The molecule has 0 spiro atoms. The van der Waals surface area contributed by atoms with Gasteiger partial charge in [0, 0.05) is 17.3 Å². The zero-order valence-corrected chi connectivity index (χ0v) is 11.4. The topological polar surface area (TPSA) is 29.1 Å². The minimum Gasteiger partial charge on any atom is -0.350 e. The Morgan fingerprint density at radius 1 is 1.29 bits per heavy atom. The maximum atomic E-state index is 11.6. The molecule has 0 aliphatic carbocycles. The van der Waals surface area contributed by atoms with E-state index in [0.29, 0.717) is 17.3 Å². The second-order valence-corrected chi connectivity index (χ2v) is 4.80. The Balaban J connectivity index is 2.40. The number of halogens is 2. The molecule has 1 rings (SSSR count). The van der Waals surface area contributed by atoms with Crippen LogP contribution in [0.2, 0.25) is 5.02 Å². The van der Waals surface area contributed by atoms with E-state index >= 15 is 0 Å². The number of benzene rings is 1. The lowest BCUT2D eigenvalue weighted by Gasteiger charge is -2.14. The van der Waals surface area contributed by atoms with Crippen molar-refractivity contribution in [2.24, 2.45) is 0 Å². The summed E-state index contributed by atoms with van der Waals surface area (Å²) in [5, 5.41) is 3.65. The van der Waals surface area contributed by atoms with Gasteiger partial charge in [0.15, 0.2) is 0 Å². The molecule has 1 aromatic rings. The Morgan fingerprint density at radius 3 is 2.53 bits per heavy atom. The van der Waals surface area contributed by atoms with Crippen LogP contribution in [-0.2, 0) is 4.79 Å². The van der Waals surface area contributed by atoms with Gasteiger partial charge in [0.25, 0.3) is 0 Å². The van der Waals surface area contributed by atoms with E-state index in [1.807, 2.05) is 31.2 Å². The lowest BCUT2D eigenvalue weighted by Crippen LogP contribution is -2.26. The molecule has 0 aliphatic heterocycles. The minimum absolute atomic E-state index is 0.00997. The van der Waals surface area contributed by atoms with Crippen LogP contribution in [0, 0.1) is 0 Å². The van der Waals surface area contributed by atoms with Gasteiger partial charge < -0.3 is 5.32 Å². The van der Waals surface area contributed by atoms with E-state index in [1.165, 1.54) is 0 Å². The predicted octanol–water partition coefficient (Wildman–Crippen LogP) is 3.93. The fourth-order valence-electron chi connectivity index (χ4n) is 1.53. The van der Waals surface area contributed by atoms with Gasteiger partial charge in [0.05, 0.1) is 6.04 Å². The van der Waals surface area contributed by atoms with Crippen molar-refractivity contribution in [3.63, 3.8) is 0 Å². The van der Waals surface area contributed by atoms with Crippen molar-refractivity contribution in [2.45, 2.75) is 32.2 Å². The smallest absolute Gasteiger partial charge is 0.220 e. The highest BCUT2D eigenvalue weighted by atomic mass is 35.5. The second-order valence-electron chi connectivity index (χ2n) is 3.99. The molecular weight excluding hydrogens is 257 g/mol. The van der Waals surface area contributed by atoms with Crippen molar-refractivity contribution in [1.82, 2.24) is 5.32 Å². The predicted molar refractivity (Wildman–Crippen MR) is 72.6 cm³/mol. The average molecular weight is 274 g/mol. The van der Waals surface area contributed by atoms with Crippen molar-refractivity contribution in [3.05, 3.63) is 34.9 Å². The third kappa shape index (κ3) is 5.42. The summed E-state index contributed by atoms with van der Waals surface area (Å²) < 4.78 is 0. The van der Waals surface area contributed by atoms with Crippen molar-refractivity contribution in [3.8, 4) is 0 Å². The first-order valence-corrected chi connectivity index (χ1v) is 6.65. The van der Waals surface area contributed by atoms with Gasteiger partial charge in [0.1, 0.15) is 0 Å². The lowest BCUT2D eigenvalue weighted by atomic mass is 10.1. The van der Waals surface area contributed by atoms with E-state index in [1.54, 1.807) is 0 Å². The van der Waals surface area contributed by atoms with Crippen LogP contribution in [-0.4, -0.2) is 11.8 Å². The highest BCUT2D eigenvalue weighted by molar-refractivity contribution is 6.30. The molecule has 2 nitrogen and oxygen atoms in total. The number of hydrogen-bond acceptors (Lipinski definition) is 1. The number of rotatable bonds is 6. The van der Waals surface area contributed by atoms with Crippen molar-refractivity contribution < 1.29 is 4.79 Å². The summed E-state index contributed by atoms with van der Waals surface area (Å²) >= 11 is 11.4. The molecule has 1 N–H and O–H groups in total. The number of carbonyl (C=O) groups excluding carboxylic acids is 1. The molecule has 4 heteroatoms. The van der Waals surface area contributed by atoms with Gasteiger partial charge in [-0.3, -0.25) is 4.79 Å². The van der Waals surface area contributed by atoms with Crippen molar-refractivity contribution >= 4 is 29.1 Å². The largest absolute Gasteiger partial charge is 0.350 e. The first kappa shape index (κ1) is 14.3. The van der Waals surface area contributed by atoms with Crippen molar-refractivity contribution in [1.29, 1.82) is 0 Å². The van der Waals surface area contributed by atoms with Crippen LogP contribution in [0.25, 0.3) is 0 Å². The summed E-state index contributed by atoms with van der Waals surface area (Å²) in [6, 6.07) is 7.51. The first-order chi connectivity index (χ1) is 8.13. The van der Waals surface area contributed by atoms with Gasteiger partial charge in [-0.25, -0.2) is 0 Å². The summed E-state index contributed by atoms with van der Waals surface area (Å²) in [4.78, 5) is 11.6. The van der Waals surface area contributed by atoms with E-state index < -0.39 is 0 Å². The molecule has 0 fully saturated rings. The van der Waals surface area contributed by atoms with E-state index in [4.69, 9.17) is 23.2 Å². The fraction of sp³-hybridized carbons (Fsp3) is 0.462. The summed E-state index contributed by atoms with van der Waals surface area (Å²) in [6.07, 6.45) is 2.25. The number of nitrogens with one attached hydrogen (secondary N) is 1. The maximum Gasteiger partial charge on any atom is 0.220 e. The van der Waals surface area contributed by atoms with Gasteiger partial charge in [-0.05, 0) is 37.5 Å². The molecule has 1 amide bonds. The Morgan fingerprint density at radius 2 is 1.94 bits per heavy atom. The summed E-state index contributed by atoms with van der Waals surface area (Å²) in [7, 11) is 0. The first-order valence-electron chi connectivity index (χ1n) is 5.74. The monoisotopic (exact) mass is 273 g/mol. The molecule has 1 aromatic carbocycles. The molecule has 0 aliphatic rings. The quantitative estimate of drug-likeness (QED) is 0.618. The van der Waals surface area contributed by atoms with E-state index in [9.17, 15) is 4.79 Å². The standard InChI is InChI=1S/C13H17Cl2NO/c1-10(11-5-7-12(15)8-6-11)16-13(17)4-2-3-9-14/h5-8,10H,2-4,9H2,1H3,(H,16,17). The minimum atomic E-state index is 0.00997. The lowest BCUT2D eigenvalue weighted by molar-refractivity contribution is -0.121. The molecule has 0 saturated heterocycles. The zero-order valence-electron chi connectivity index (χ0n) is 9.88. The molecule has 0 radical (unpaired) electrons. The SMILES string of the molecule is CC(NC(=O)CCCCCl)c1ccc(Cl)cc1. The van der Waals surface area contributed by atoms with E-state index in [2.05, 4.69) is 5.32 Å². The van der Waals surface area contributed by atoms with Crippen LogP contribution in [0.5, 0.6) is 0 Å². The van der Waals surface area contributed by atoms with Gasteiger partial charge >= 0.3 is 0 Å². The van der Waals surface area contributed by atoms with Gasteiger partial charge in [-0.1, -0.05) is 23.7 Å². The second kappa shape index (κ2) is 7.57. The molecule has 0 bridgehead atoms. The van der Waals surface area contributed by atoms with Gasteiger partial charge in [-0.2, -0.15) is 0 Å². The van der Waals surface area contributed by atoms with Crippen LogP contribution in [0.4, 0.5) is 0 Å². The average Bonchev–Trinajstić information content (AvgIpc) is 2.30. The molecular formula is C13H17Cl2NO. The number of hydrogen-bond donors (Lipinski definition) is 1. The molecule has 0 aromatic heterocycles. The van der Waals surface area contributed by atoms with E-state index in [-0.39, 0.29) is 11.9 Å². The normalized spacial score (nSPS) is 12.2. The third-order valence-corrected chi connectivity index (χ3v) is 3.05. The molecule has 1 atom stereocenters. The maximum absolute atomic E-state index is 11.6. The Kier molecular flexibility index (Phi) is 6.38. The number of unbranched alkanes of at least 4 members (excludes halogenated alkanes) is 1. The Labute approximate surface area is 112 Å². The summed E-state index contributed by atoms with van der Waals surface area (Å²) in [5.74, 6) is 0.678. The Hall–Kier alpha value is -0.730. The Bertz CT molecular complexity index is 351. The van der Waals surface area contributed by atoms with Crippen LogP contribution in [0.3, 0.4) is 0 Å². The number of carbonyl (C=O) groups is 1. The molecule has 0 saturated carbocycles. The summed E-state index contributed by atoms with van der Waals surface area (Å²) in [6.45, 7) is 1.96. The number of amides is 1. The number of alkyl halides is 1. The highest BCUT2D eigenvalue weighted by Gasteiger charge is 2.08. The summed E-state index contributed by atoms with van der Waals surface area (Å²) in [5.41, 5.74) is 1.06. The van der Waals surface area contributed by atoms with Gasteiger partial charge in [0.2, 0.25) is 5.91 Å². The third-order valence-electron chi connectivity index (χ3n) is 2.53. The van der Waals surface area contributed by atoms with Crippen molar-refractivity contribution in [2.75, 3.05) is 5.88 Å². The highest BCUT2D eigenvalue weighted by Crippen LogP contribution is 2.16. The fourth-order valence-corrected chi connectivity index (χ4v) is 1.84.